The van der Waals surface area contributed by atoms with Crippen molar-refractivity contribution in [2.24, 2.45) is 11.3 Å². The van der Waals surface area contributed by atoms with Crippen LogP contribution >= 0.6 is 11.6 Å². The molecule has 0 saturated carbocycles. The Hall–Kier alpha value is -3.90. The third kappa shape index (κ3) is 6.07. The Bertz CT molecular complexity index is 1400. The first-order valence-electron chi connectivity index (χ1n) is 12.9. The van der Waals surface area contributed by atoms with Gasteiger partial charge in [0.05, 0.1) is 17.4 Å². The maximum Gasteiger partial charge on any atom is 0.312 e. The van der Waals surface area contributed by atoms with Gasteiger partial charge in [0.2, 0.25) is 5.91 Å². The van der Waals surface area contributed by atoms with Crippen molar-refractivity contribution in [3.8, 4) is 0 Å². The second kappa shape index (κ2) is 11.5. The minimum absolute atomic E-state index is 0.0659. The third-order valence-electron chi connectivity index (χ3n) is 7.24. The standard InChI is InChI=1S/C32H33ClN2O4/c1-20-28(30(37)23-13-11-22(12-14-23)8-7-19-32(3,4)31(38)39)29(26-9-5-6-10-27(26)34-20)35(21(2)36)25-17-15-24(33)16-18-25/h5-7,9-20,28-29,34H,8H2,1-4H3,(H,38,39)/t20-,28?,29-/m0/s1. The summed E-state index contributed by atoms with van der Waals surface area (Å²) in [7, 11) is 0. The largest absolute Gasteiger partial charge is 0.481 e. The Morgan fingerprint density at radius 1 is 1.00 bits per heavy atom. The predicted octanol–water partition coefficient (Wildman–Crippen LogP) is 6.96. The van der Waals surface area contributed by atoms with Crippen LogP contribution in [0, 0.1) is 11.3 Å². The van der Waals surface area contributed by atoms with Gasteiger partial charge in [0.1, 0.15) is 0 Å². The molecule has 1 unspecified atom stereocenters. The van der Waals surface area contributed by atoms with Crippen LogP contribution < -0.4 is 10.2 Å². The van der Waals surface area contributed by atoms with E-state index in [1.807, 2.05) is 49.4 Å². The van der Waals surface area contributed by atoms with Crippen LogP contribution in [0.2, 0.25) is 5.02 Å². The Morgan fingerprint density at radius 2 is 1.64 bits per heavy atom. The number of nitrogens with one attached hydrogen (secondary N) is 1. The summed E-state index contributed by atoms with van der Waals surface area (Å²) in [5.74, 6) is -1.68. The number of anilines is 2. The Morgan fingerprint density at radius 3 is 2.26 bits per heavy atom. The van der Waals surface area contributed by atoms with Gasteiger partial charge >= 0.3 is 5.97 Å². The number of carbonyl (C=O) groups is 3. The number of carboxylic acids is 1. The lowest BCUT2D eigenvalue weighted by molar-refractivity contribution is -0.144. The SMILES string of the molecule is CC(=O)N(c1ccc(Cl)cc1)[C@H]1c2ccccc2N[C@@H](C)C1C(=O)c1ccc(CC=CC(C)(C)C(=O)O)cc1. The first kappa shape index (κ1) is 28.1. The molecule has 0 aliphatic carbocycles. The van der Waals surface area contributed by atoms with Gasteiger partial charge in [-0.2, -0.15) is 0 Å². The molecule has 2 N–H and O–H groups in total. The lowest BCUT2D eigenvalue weighted by Gasteiger charge is -2.43. The van der Waals surface area contributed by atoms with E-state index >= 15 is 0 Å². The molecule has 0 saturated heterocycles. The Kier molecular flexibility index (Phi) is 8.26. The lowest BCUT2D eigenvalue weighted by atomic mass is 9.77. The van der Waals surface area contributed by atoms with E-state index < -0.39 is 23.3 Å². The molecule has 4 rings (SSSR count). The zero-order chi connectivity index (χ0) is 28.3. The highest BCUT2D eigenvalue weighted by Gasteiger charge is 2.44. The van der Waals surface area contributed by atoms with Crippen LogP contribution in [0.1, 0.15) is 55.2 Å². The number of halogens is 1. The van der Waals surface area contributed by atoms with E-state index in [1.165, 1.54) is 6.92 Å². The minimum atomic E-state index is -0.946. The smallest absolute Gasteiger partial charge is 0.312 e. The van der Waals surface area contributed by atoms with E-state index in [2.05, 4.69) is 5.32 Å². The second-order valence-corrected chi connectivity index (χ2v) is 11.0. The van der Waals surface area contributed by atoms with Gasteiger partial charge in [-0.3, -0.25) is 14.4 Å². The fourth-order valence-electron chi connectivity index (χ4n) is 5.06. The first-order valence-corrected chi connectivity index (χ1v) is 13.3. The van der Waals surface area contributed by atoms with E-state index in [-0.39, 0.29) is 17.7 Å². The number of aliphatic carboxylic acids is 1. The summed E-state index contributed by atoms with van der Waals surface area (Å²) in [6, 6.07) is 21.5. The van der Waals surface area contributed by atoms with Crippen molar-refractivity contribution in [2.75, 3.05) is 10.2 Å². The van der Waals surface area contributed by atoms with Crippen LogP contribution in [0.25, 0.3) is 0 Å². The highest BCUT2D eigenvalue weighted by atomic mass is 35.5. The molecular formula is C32H33ClN2O4. The molecule has 1 aliphatic heterocycles. The van der Waals surface area contributed by atoms with Crippen molar-refractivity contribution in [2.45, 2.75) is 46.2 Å². The highest BCUT2D eigenvalue weighted by molar-refractivity contribution is 6.30. The number of rotatable bonds is 8. The normalized spacial score (nSPS) is 18.7. The lowest BCUT2D eigenvalue weighted by Crippen LogP contribution is -2.49. The molecule has 0 spiro atoms. The molecule has 7 heteroatoms. The molecule has 202 valence electrons. The van der Waals surface area contributed by atoms with E-state index in [0.717, 1.165) is 16.8 Å². The van der Waals surface area contributed by atoms with Crippen LogP contribution in [0.15, 0.2) is 84.9 Å². The summed E-state index contributed by atoms with van der Waals surface area (Å²) < 4.78 is 0. The number of allylic oxidation sites excluding steroid dienone is 1. The molecule has 0 radical (unpaired) electrons. The van der Waals surface area contributed by atoms with Crippen LogP contribution in [-0.4, -0.2) is 28.8 Å². The van der Waals surface area contributed by atoms with Gasteiger partial charge in [-0.25, -0.2) is 0 Å². The van der Waals surface area contributed by atoms with Gasteiger partial charge in [0.15, 0.2) is 5.78 Å². The molecule has 0 aromatic heterocycles. The van der Waals surface area contributed by atoms with Crippen molar-refractivity contribution in [3.05, 3.63) is 107 Å². The van der Waals surface area contributed by atoms with Crippen LogP contribution in [0.3, 0.4) is 0 Å². The molecule has 0 bridgehead atoms. The topological polar surface area (TPSA) is 86.7 Å². The van der Waals surface area contributed by atoms with Crippen LogP contribution in [0.4, 0.5) is 11.4 Å². The average Bonchev–Trinajstić information content (AvgIpc) is 2.89. The van der Waals surface area contributed by atoms with Crippen molar-refractivity contribution in [1.29, 1.82) is 0 Å². The third-order valence-corrected chi connectivity index (χ3v) is 7.50. The summed E-state index contributed by atoms with van der Waals surface area (Å²) in [6.45, 7) is 6.78. The monoisotopic (exact) mass is 544 g/mol. The molecule has 1 amide bonds. The van der Waals surface area contributed by atoms with Gasteiger partial charge in [0, 0.05) is 34.9 Å². The highest BCUT2D eigenvalue weighted by Crippen LogP contribution is 2.44. The van der Waals surface area contributed by atoms with E-state index in [4.69, 9.17) is 11.6 Å². The van der Waals surface area contributed by atoms with Gasteiger partial charge < -0.3 is 15.3 Å². The van der Waals surface area contributed by atoms with Gasteiger partial charge in [-0.05, 0) is 68.7 Å². The maximum absolute atomic E-state index is 14.1. The molecule has 3 atom stereocenters. The number of fused-ring (bicyclic) bond motifs is 1. The predicted molar refractivity (Wildman–Crippen MR) is 155 cm³/mol. The second-order valence-electron chi connectivity index (χ2n) is 10.6. The van der Waals surface area contributed by atoms with E-state index in [9.17, 15) is 19.5 Å². The summed E-state index contributed by atoms with van der Waals surface area (Å²) in [6.07, 6.45) is 4.07. The number of hydrogen-bond acceptors (Lipinski definition) is 4. The molecule has 3 aromatic rings. The number of amides is 1. The first-order chi connectivity index (χ1) is 18.5. The zero-order valence-electron chi connectivity index (χ0n) is 22.5. The number of nitrogens with zero attached hydrogens (tertiary/aromatic N) is 1. The molecule has 1 heterocycles. The van der Waals surface area contributed by atoms with Crippen molar-refractivity contribution in [3.63, 3.8) is 0 Å². The zero-order valence-corrected chi connectivity index (χ0v) is 23.3. The Balaban J connectivity index is 1.68. The van der Waals surface area contributed by atoms with E-state index in [1.54, 1.807) is 61.2 Å². The number of benzene rings is 3. The number of Topliss-reactive ketones (excluding diaryl/α,β-unsaturated/α-hetero) is 1. The summed E-state index contributed by atoms with van der Waals surface area (Å²) in [5, 5.41) is 13.3. The summed E-state index contributed by atoms with van der Waals surface area (Å²) in [5.41, 5.74) is 3.01. The molecule has 39 heavy (non-hydrogen) atoms. The van der Waals surface area contributed by atoms with Gasteiger partial charge in [0.25, 0.3) is 0 Å². The number of carboxylic acid groups (broad SMARTS) is 1. The fraction of sp³-hybridized carbons (Fsp3) is 0.281. The Labute approximate surface area is 234 Å². The van der Waals surface area contributed by atoms with E-state index in [0.29, 0.717) is 22.7 Å². The van der Waals surface area contributed by atoms with Crippen LogP contribution in [0.5, 0.6) is 0 Å². The molecular weight excluding hydrogens is 512 g/mol. The van der Waals surface area contributed by atoms with Gasteiger partial charge in [-0.15, -0.1) is 0 Å². The van der Waals surface area contributed by atoms with Crippen LogP contribution in [-0.2, 0) is 16.0 Å². The molecule has 3 aromatic carbocycles. The fourth-order valence-corrected chi connectivity index (χ4v) is 5.18. The molecule has 6 nitrogen and oxygen atoms in total. The van der Waals surface area contributed by atoms with Crippen molar-refractivity contribution in [1.82, 2.24) is 0 Å². The average molecular weight is 545 g/mol. The van der Waals surface area contributed by atoms with Gasteiger partial charge in [-0.1, -0.05) is 66.2 Å². The molecule has 1 aliphatic rings. The number of hydrogen-bond donors (Lipinski definition) is 2. The quantitative estimate of drug-likeness (QED) is 0.236. The van der Waals surface area contributed by atoms with Crippen molar-refractivity contribution >= 4 is 40.6 Å². The number of ketones is 1. The number of carbonyl (C=O) groups excluding carboxylic acids is 2. The number of para-hydroxylation sites is 1. The van der Waals surface area contributed by atoms with Crippen molar-refractivity contribution < 1.29 is 19.5 Å². The summed E-state index contributed by atoms with van der Waals surface area (Å²) >= 11 is 6.13. The maximum atomic E-state index is 14.1. The minimum Gasteiger partial charge on any atom is -0.481 e. The summed E-state index contributed by atoms with van der Waals surface area (Å²) in [4.78, 5) is 40.2. The molecule has 0 fully saturated rings.